The number of aromatic hydroxyl groups is 1. The summed E-state index contributed by atoms with van der Waals surface area (Å²) >= 11 is 0. The number of amides is 1. The Morgan fingerprint density at radius 2 is 1.96 bits per heavy atom. The SMILES string of the molecule is C/C(=N\NC(=O)c1cc(C)oc1C)c1ccc(O)c(CN2CCCCC2)c1. The number of nitrogens with zero attached hydrogens (tertiary/aromatic N) is 2. The van der Waals surface area contributed by atoms with Gasteiger partial charge in [-0.25, -0.2) is 5.43 Å². The minimum atomic E-state index is -0.295. The summed E-state index contributed by atoms with van der Waals surface area (Å²) in [6.45, 7) is 8.26. The van der Waals surface area contributed by atoms with Gasteiger partial charge in [0.2, 0.25) is 0 Å². The molecule has 1 aliphatic heterocycles. The van der Waals surface area contributed by atoms with Crippen molar-refractivity contribution in [3.8, 4) is 5.75 Å². The molecule has 1 aromatic carbocycles. The second-order valence-corrected chi connectivity index (χ2v) is 7.15. The van der Waals surface area contributed by atoms with Crippen molar-refractivity contribution < 1.29 is 14.3 Å². The second-order valence-electron chi connectivity index (χ2n) is 7.15. The Kier molecular flexibility index (Phi) is 5.96. The molecule has 3 rings (SSSR count). The molecule has 0 bridgehead atoms. The van der Waals surface area contributed by atoms with Gasteiger partial charge < -0.3 is 9.52 Å². The van der Waals surface area contributed by atoms with Crippen molar-refractivity contribution in [3.05, 3.63) is 52.5 Å². The number of hydrazone groups is 1. The van der Waals surface area contributed by atoms with Crippen LogP contribution in [0.2, 0.25) is 0 Å². The molecule has 6 heteroatoms. The van der Waals surface area contributed by atoms with E-state index in [9.17, 15) is 9.90 Å². The number of carbonyl (C=O) groups is 1. The van der Waals surface area contributed by atoms with Crippen LogP contribution in [0.3, 0.4) is 0 Å². The van der Waals surface area contributed by atoms with Crippen LogP contribution in [0.4, 0.5) is 0 Å². The topological polar surface area (TPSA) is 78.1 Å². The van der Waals surface area contributed by atoms with E-state index in [-0.39, 0.29) is 5.91 Å². The fourth-order valence-corrected chi connectivity index (χ4v) is 3.41. The van der Waals surface area contributed by atoms with Gasteiger partial charge in [0.05, 0.1) is 11.3 Å². The molecule has 2 N–H and O–H groups in total. The fourth-order valence-electron chi connectivity index (χ4n) is 3.41. The molecule has 2 heterocycles. The van der Waals surface area contributed by atoms with E-state index in [1.165, 1.54) is 19.3 Å². The van der Waals surface area contributed by atoms with E-state index in [4.69, 9.17) is 4.42 Å². The summed E-state index contributed by atoms with van der Waals surface area (Å²) in [4.78, 5) is 14.6. The summed E-state index contributed by atoms with van der Waals surface area (Å²) in [5.74, 6) is 1.27. The zero-order chi connectivity index (χ0) is 19.4. The number of furan rings is 1. The van der Waals surface area contributed by atoms with Gasteiger partial charge in [0.1, 0.15) is 17.3 Å². The van der Waals surface area contributed by atoms with Crippen LogP contribution in [0.15, 0.2) is 33.8 Å². The van der Waals surface area contributed by atoms with Gasteiger partial charge in [-0.05, 0) is 76.5 Å². The first-order valence-electron chi connectivity index (χ1n) is 9.40. The molecule has 0 unspecified atom stereocenters. The highest BCUT2D eigenvalue weighted by atomic mass is 16.3. The Labute approximate surface area is 159 Å². The van der Waals surface area contributed by atoms with E-state index in [1.807, 2.05) is 19.1 Å². The van der Waals surface area contributed by atoms with Crippen LogP contribution in [0.1, 0.15) is 59.2 Å². The maximum Gasteiger partial charge on any atom is 0.274 e. The zero-order valence-electron chi connectivity index (χ0n) is 16.2. The third-order valence-corrected chi connectivity index (χ3v) is 4.95. The number of phenols is 1. The van der Waals surface area contributed by atoms with Crippen LogP contribution in [0.5, 0.6) is 5.75 Å². The molecule has 27 heavy (non-hydrogen) atoms. The van der Waals surface area contributed by atoms with E-state index in [0.717, 1.165) is 30.8 Å². The Hall–Kier alpha value is -2.60. The van der Waals surface area contributed by atoms with Gasteiger partial charge in [0, 0.05) is 12.1 Å². The van der Waals surface area contributed by atoms with Gasteiger partial charge in [-0.15, -0.1) is 0 Å². The standard InChI is InChI=1S/C21H27N3O3/c1-14-11-19(16(3)27-14)21(26)23-22-15(2)17-7-8-20(25)18(12-17)13-24-9-5-4-6-10-24/h7-8,11-12,25H,4-6,9-10,13H2,1-3H3,(H,23,26)/b22-15+. The summed E-state index contributed by atoms with van der Waals surface area (Å²) in [6.07, 6.45) is 3.70. The van der Waals surface area contributed by atoms with E-state index < -0.39 is 0 Å². The van der Waals surface area contributed by atoms with Crippen LogP contribution in [0, 0.1) is 13.8 Å². The predicted octanol–water partition coefficient (Wildman–Crippen LogP) is 3.74. The second kappa shape index (κ2) is 8.39. The van der Waals surface area contributed by atoms with Crippen molar-refractivity contribution in [1.82, 2.24) is 10.3 Å². The van der Waals surface area contributed by atoms with E-state index in [1.54, 1.807) is 26.0 Å². The molecular weight excluding hydrogens is 342 g/mol. The van der Waals surface area contributed by atoms with Crippen molar-refractivity contribution in [2.24, 2.45) is 5.10 Å². The number of nitrogens with one attached hydrogen (secondary N) is 1. The molecule has 2 aromatic rings. The highest BCUT2D eigenvalue weighted by Crippen LogP contribution is 2.22. The first-order chi connectivity index (χ1) is 12.9. The Morgan fingerprint density at radius 3 is 2.63 bits per heavy atom. The van der Waals surface area contributed by atoms with Gasteiger partial charge in [0.15, 0.2) is 0 Å². The molecule has 0 aliphatic carbocycles. The van der Waals surface area contributed by atoms with Crippen LogP contribution >= 0.6 is 0 Å². The smallest absolute Gasteiger partial charge is 0.274 e. The number of aryl methyl sites for hydroxylation is 2. The summed E-state index contributed by atoms with van der Waals surface area (Å²) < 4.78 is 5.39. The lowest BCUT2D eigenvalue weighted by atomic mass is 10.0. The largest absolute Gasteiger partial charge is 0.508 e. The number of hydrogen-bond donors (Lipinski definition) is 2. The first kappa shape index (κ1) is 19.2. The molecule has 144 valence electrons. The number of likely N-dealkylation sites (tertiary alicyclic amines) is 1. The maximum atomic E-state index is 12.3. The van der Waals surface area contributed by atoms with Crippen LogP contribution in [-0.2, 0) is 6.54 Å². The van der Waals surface area contributed by atoms with Crippen molar-refractivity contribution in [3.63, 3.8) is 0 Å². The molecule has 1 fully saturated rings. The van der Waals surface area contributed by atoms with E-state index in [0.29, 0.717) is 28.5 Å². The normalized spacial score (nSPS) is 15.7. The monoisotopic (exact) mass is 369 g/mol. The van der Waals surface area contributed by atoms with Crippen LogP contribution in [0.25, 0.3) is 0 Å². The van der Waals surface area contributed by atoms with Gasteiger partial charge in [-0.3, -0.25) is 9.69 Å². The van der Waals surface area contributed by atoms with Crippen molar-refractivity contribution >= 4 is 11.6 Å². The summed E-state index contributed by atoms with van der Waals surface area (Å²) in [5.41, 5.74) is 5.51. The fraction of sp³-hybridized carbons (Fsp3) is 0.429. The maximum absolute atomic E-state index is 12.3. The predicted molar refractivity (Wildman–Crippen MR) is 105 cm³/mol. The molecule has 6 nitrogen and oxygen atoms in total. The minimum absolute atomic E-state index is 0.295. The first-order valence-corrected chi connectivity index (χ1v) is 9.40. The summed E-state index contributed by atoms with van der Waals surface area (Å²) in [7, 11) is 0. The zero-order valence-corrected chi connectivity index (χ0v) is 16.2. The van der Waals surface area contributed by atoms with E-state index >= 15 is 0 Å². The lowest BCUT2D eigenvalue weighted by Crippen LogP contribution is -2.29. The minimum Gasteiger partial charge on any atom is -0.508 e. The van der Waals surface area contributed by atoms with Crippen LogP contribution in [-0.4, -0.2) is 34.7 Å². The van der Waals surface area contributed by atoms with Gasteiger partial charge in [-0.2, -0.15) is 5.10 Å². The summed E-state index contributed by atoms with van der Waals surface area (Å²) in [6, 6.07) is 7.15. The number of rotatable bonds is 5. The molecular formula is C21H27N3O3. The number of carbonyl (C=O) groups excluding carboxylic acids is 1. The molecule has 0 atom stereocenters. The Morgan fingerprint density at radius 1 is 1.22 bits per heavy atom. The highest BCUT2D eigenvalue weighted by molar-refractivity contribution is 6.01. The molecule has 1 aliphatic rings. The van der Waals surface area contributed by atoms with Gasteiger partial charge >= 0.3 is 0 Å². The number of phenolic OH excluding ortho intramolecular Hbond substituents is 1. The highest BCUT2D eigenvalue weighted by Gasteiger charge is 2.15. The average molecular weight is 369 g/mol. The number of benzene rings is 1. The van der Waals surface area contributed by atoms with Crippen molar-refractivity contribution in [1.29, 1.82) is 0 Å². The van der Waals surface area contributed by atoms with E-state index in [2.05, 4.69) is 15.4 Å². The van der Waals surface area contributed by atoms with Gasteiger partial charge in [-0.1, -0.05) is 6.42 Å². The van der Waals surface area contributed by atoms with Crippen LogP contribution < -0.4 is 5.43 Å². The third kappa shape index (κ3) is 4.77. The molecule has 0 saturated carbocycles. The third-order valence-electron chi connectivity index (χ3n) is 4.95. The number of hydrogen-bond acceptors (Lipinski definition) is 5. The number of piperidine rings is 1. The quantitative estimate of drug-likeness (QED) is 0.622. The molecule has 1 saturated heterocycles. The lowest BCUT2D eigenvalue weighted by molar-refractivity contribution is 0.0953. The van der Waals surface area contributed by atoms with Gasteiger partial charge in [0.25, 0.3) is 5.91 Å². The lowest BCUT2D eigenvalue weighted by Gasteiger charge is -2.26. The molecule has 1 amide bonds. The Balaban J connectivity index is 1.71. The summed E-state index contributed by atoms with van der Waals surface area (Å²) in [5, 5.41) is 14.4. The molecule has 0 radical (unpaired) electrons. The average Bonchev–Trinajstić information content (AvgIpc) is 3.00. The molecule has 0 spiro atoms. The van der Waals surface area contributed by atoms with Crippen molar-refractivity contribution in [2.45, 2.75) is 46.6 Å². The Bertz CT molecular complexity index is 848. The van der Waals surface area contributed by atoms with Crippen molar-refractivity contribution in [2.75, 3.05) is 13.1 Å². The molecule has 1 aromatic heterocycles.